The van der Waals surface area contributed by atoms with E-state index in [1.165, 1.54) is 0 Å². The Labute approximate surface area is 109 Å². The molecule has 0 spiro atoms. The zero-order valence-electron chi connectivity index (χ0n) is 11.4. The number of ether oxygens (including phenoxy) is 1. The number of methoxy groups -OCH3 is 1. The van der Waals surface area contributed by atoms with Gasteiger partial charge in [0.05, 0.1) is 12.8 Å². The largest absolute Gasteiger partial charge is 0.495 e. The highest BCUT2D eigenvalue weighted by molar-refractivity contribution is 5.95. The van der Waals surface area contributed by atoms with E-state index in [0.717, 1.165) is 25.9 Å². The van der Waals surface area contributed by atoms with E-state index in [1.807, 2.05) is 4.90 Å². The molecule has 1 aromatic carbocycles. The van der Waals surface area contributed by atoms with E-state index in [4.69, 9.17) is 10.5 Å². The second-order valence-electron chi connectivity index (χ2n) is 4.25. The summed E-state index contributed by atoms with van der Waals surface area (Å²) in [4.78, 5) is 14.2. The summed E-state index contributed by atoms with van der Waals surface area (Å²) in [7, 11) is 1.56. The Bertz CT molecular complexity index is 399. The molecular weight excluding hydrogens is 228 g/mol. The molecular formula is C14H22N2O2. The Balaban J connectivity index is 2.90. The van der Waals surface area contributed by atoms with Gasteiger partial charge in [-0.3, -0.25) is 4.79 Å². The zero-order valence-corrected chi connectivity index (χ0v) is 11.4. The Hall–Kier alpha value is -1.71. The molecule has 0 atom stereocenters. The van der Waals surface area contributed by atoms with Crippen LogP contribution in [0.3, 0.4) is 0 Å². The van der Waals surface area contributed by atoms with Crippen LogP contribution in [-0.2, 0) is 0 Å². The van der Waals surface area contributed by atoms with E-state index < -0.39 is 0 Å². The fourth-order valence-electron chi connectivity index (χ4n) is 1.90. The lowest BCUT2D eigenvalue weighted by atomic mass is 10.1. The van der Waals surface area contributed by atoms with Gasteiger partial charge in [0.1, 0.15) is 5.75 Å². The molecule has 1 rings (SSSR count). The van der Waals surface area contributed by atoms with Crippen molar-refractivity contribution in [3.63, 3.8) is 0 Å². The number of hydrogen-bond donors (Lipinski definition) is 1. The lowest BCUT2D eigenvalue weighted by Crippen LogP contribution is -2.32. The number of nitrogen functional groups attached to an aromatic ring is 1. The van der Waals surface area contributed by atoms with Crippen LogP contribution >= 0.6 is 0 Å². The number of carbonyl (C=O) groups excluding carboxylic acids is 1. The van der Waals surface area contributed by atoms with Crippen molar-refractivity contribution >= 4 is 11.6 Å². The molecule has 4 heteroatoms. The molecule has 0 aliphatic heterocycles. The Kier molecular flexibility index (Phi) is 5.49. The minimum atomic E-state index is 0.0352. The van der Waals surface area contributed by atoms with Gasteiger partial charge in [0.25, 0.3) is 5.91 Å². The van der Waals surface area contributed by atoms with Crippen molar-refractivity contribution in [3.05, 3.63) is 23.8 Å². The summed E-state index contributed by atoms with van der Waals surface area (Å²) >= 11 is 0. The molecule has 1 amide bonds. The van der Waals surface area contributed by atoms with Gasteiger partial charge < -0.3 is 15.4 Å². The van der Waals surface area contributed by atoms with Gasteiger partial charge in [0.2, 0.25) is 0 Å². The number of carbonyl (C=O) groups is 1. The van der Waals surface area contributed by atoms with Crippen molar-refractivity contribution in [3.8, 4) is 5.75 Å². The summed E-state index contributed by atoms with van der Waals surface area (Å²) in [5, 5.41) is 0. The maximum atomic E-state index is 12.3. The average Bonchev–Trinajstić information content (AvgIpc) is 2.37. The first kappa shape index (κ1) is 14.4. The van der Waals surface area contributed by atoms with Crippen LogP contribution in [0.15, 0.2) is 18.2 Å². The SMILES string of the molecule is CCCN(CCC)C(=O)c1ccc(OC)c(N)c1. The van der Waals surface area contributed by atoms with Crippen molar-refractivity contribution in [2.75, 3.05) is 25.9 Å². The van der Waals surface area contributed by atoms with E-state index in [2.05, 4.69) is 13.8 Å². The first-order valence-corrected chi connectivity index (χ1v) is 6.36. The molecule has 0 unspecified atom stereocenters. The molecule has 2 N–H and O–H groups in total. The molecule has 0 heterocycles. The summed E-state index contributed by atoms with van der Waals surface area (Å²) in [6, 6.07) is 5.17. The fraction of sp³-hybridized carbons (Fsp3) is 0.500. The summed E-state index contributed by atoms with van der Waals surface area (Å²) in [5.41, 5.74) is 6.94. The van der Waals surface area contributed by atoms with Crippen LogP contribution in [0.1, 0.15) is 37.0 Å². The number of nitrogens with zero attached hydrogens (tertiary/aromatic N) is 1. The number of anilines is 1. The number of rotatable bonds is 6. The van der Waals surface area contributed by atoms with Gasteiger partial charge in [-0.2, -0.15) is 0 Å². The van der Waals surface area contributed by atoms with E-state index in [1.54, 1.807) is 25.3 Å². The molecule has 0 aromatic heterocycles. The van der Waals surface area contributed by atoms with Gasteiger partial charge in [0.15, 0.2) is 0 Å². The second kappa shape index (κ2) is 6.89. The maximum absolute atomic E-state index is 12.3. The average molecular weight is 250 g/mol. The summed E-state index contributed by atoms with van der Waals surface area (Å²) in [5.74, 6) is 0.636. The Morgan fingerprint density at radius 3 is 2.33 bits per heavy atom. The standard InChI is InChI=1S/C14H22N2O2/c1-4-8-16(9-5-2)14(17)11-6-7-13(18-3)12(15)10-11/h6-7,10H,4-5,8-9,15H2,1-3H3. The van der Waals surface area contributed by atoms with Gasteiger partial charge in [-0.05, 0) is 31.0 Å². The number of nitrogens with two attached hydrogens (primary N) is 1. The van der Waals surface area contributed by atoms with Crippen LogP contribution in [0.5, 0.6) is 5.75 Å². The van der Waals surface area contributed by atoms with Crippen molar-refractivity contribution in [1.29, 1.82) is 0 Å². The third-order valence-electron chi connectivity index (χ3n) is 2.75. The first-order chi connectivity index (χ1) is 8.63. The molecule has 0 aliphatic rings. The molecule has 18 heavy (non-hydrogen) atoms. The molecule has 0 saturated heterocycles. The maximum Gasteiger partial charge on any atom is 0.253 e. The second-order valence-corrected chi connectivity index (χ2v) is 4.25. The molecule has 1 aromatic rings. The van der Waals surface area contributed by atoms with E-state index >= 15 is 0 Å². The van der Waals surface area contributed by atoms with Crippen molar-refractivity contribution in [1.82, 2.24) is 4.90 Å². The number of amides is 1. The normalized spacial score (nSPS) is 10.2. The van der Waals surface area contributed by atoms with Crippen LogP contribution in [0.4, 0.5) is 5.69 Å². The van der Waals surface area contributed by atoms with E-state index in [9.17, 15) is 4.79 Å². The topological polar surface area (TPSA) is 55.6 Å². The highest BCUT2D eigenvalue weighted by Crippen LogP contribution is 2.22. The predicted octanol–water partition coefficient (Wildman–Crippen LogP) is 2.54. The highest BCUT2D eigenvalue weighted by atomic mass is 16.5. The fourth-order valence-corrected chi connectivity index (χ4v) is 1.90. The first-order valence-electron chi connectivity index (χ1n) is 6.36. The lowest BCUT2D eigenvalue weighted by Gasteiger charge is -2.21. The monoisotopic (exact) mass is 250 g/mol. The third kappa shape index (κ3) is 3.39. The van der Waals surface area contributed by atoms with Crippen LogP contribution in [-0.4, -0.2) is 31.0 Å². The molecule has 0 saturated carbocycles. The van der Waals surface area contributed by atoms with Gasteiger partial charge >= 0.3 is 0 Å². The van der Waals surface area contributed by atoms with Gasteiger partial charge in [-0.15, -0.1) is 0 Å². The van der Waals surface area contributed by atoms with Crippen LogP contribution < -0.4 is 10.5 Å². The molecule has 0 fully saturated rings. The van der Waals surface area contributed by atoms with Gasteiger partial charge in [-0.1, -0.05) is 13.8 Å². The van der Waals surface area contributed by atoms with Crippen molar-refractivity contribution < 1.29 is 9.53 Å². The summed E-state index contributed by atoms with van der Waals surface area (Å²) in [6.07, 6.45) is 1.91. The van der Waals surface area contributed by atoms with E-state index in [0.29, 0.717) is 17.0 Å². The van der Waals surface area contributed by atoms with E-state index in [-0.39, 0.29) is 5.91 Å². The smallest absolute Gasteiger partial charge is 0.253 e. The molecule has 4 nitrogen and oxygen atoms in total. The lowest BCUT2D eigenvalue weighted by molar-refractivity contribution is 0.0755. The third-order valence-corrected chi connectivity index (χ3v) is 2.75. The summed E-state index contributed by atoms with van der Waals surface area (Å²) in [6.45, 7) is 5.69. The van der Waals surface area contributed by atoms with Crippen LogP contribution in [0.2, 0.25) is 0 Å². The molecule has 100 valence electrons. The molecule has 0 radical (unpaired) electrons. The molecule has 0 aliphatic carbocycles. The van der Waals surface area contributed by atoms with Crippen LogP contribution in [0, 0.1) is 0 Å². The van der Waals surface area contributed by atoms with Crippen molar-refractivity contribution in [2.24, 2.45) is 0 Å². The quantitative estimate of drug-likeness (QED) is 0.789. The number of hydrogen-bond acceptors (Lipinski definition) is 3. The Morgan fingerprint density at radius 2 is 1.89 bits per heavy atom. The predicted molar refractivity (Wildman–Crippen MR) is 73.9 cm³/mol. The van der Waals surface area contributed by atoms with Crippen molar-refractivity contribution in [2.45, 2.75) is 26.7 Å². The van der Waals surface area contributed by atoms with Gasteiger partial charge in [-0.25, -0.2) is 0 Å². The highest BCUT2D eigenvalue weighted by Gasteiger charge is 2.15. The zero-order chi connectivity index (χ0) is 13.5. The Morgan fingerprint density at radius 1 is 1.28 bits per heavy atom. The molecule has 0 bridgehead atoms. The minimum absolute atomic E-state index is 0.0352. The minimum Gasteiger partial charge on any atom is -0.495 e. The number of benzene rings is 1. The summed E-state index contributed by atoms with van der Waals surface area (Å²) < 4.78 is 5.09. The van der Waals surface area contributed by atoms with Gasteiger partial charge in [0, 0.05) is 18.7 Å². The van der Waals surface area contributed by atoms with Crippen LogP contribution in [0.25, 0.3) is 0 Å².